The number of nitrogens with one attached hydrogen (secondary N) is 2. The maximum Gasteiger partial charge on any atom is 0.229 e. The van der Waals surface area contributed by atoms with E-state index in [-0.39, 0.29) is 6.10 Å². The molecule has 5 nitrogen and oxygen atoms in total. The normalized spacial score (nSPS) is 10.7. The Morgan fingerprint density at radius 3 is 2.26 bits per heavy atom. The van der Waals surface area contributed by atoms with E-state index in [0.717, 1.165) is 28.6 Å². The molecule has 1 aromatic heterocycles. The highest BCUT2D eigenvalue weighted by atomic mass is 16.5. The second-order valence-electron chi connectivity index (χ2n) is 6.98. The highest BCUT2D eigenvalue weighted by Crippen LogP contribution is 2.23. The van der Waals surface area contributed by atoms with Crippen LogP contribution in [-0.4, -0.2) is 16.1 Å². The summed E-state index contributed by atoms with van der Waals surface area (Å²) in [5.74, 6) is 2.16. The van der Waals surface area contributed by atoms with E-state index in [9.17, 15) is 0 Å². The average molecular weight is 362 g/mol. The summed E-state index contributed by atoms with van der Waals surface area (Å²) in [4.78, 5) is 9.08. The molecule has 0 amide bonds. The van der Waals surface area contributed by atoms with Crippen molar-refractivity contribution in [2.24, 2.45) is 0 Å². The molecule has 3 aromatic rings. The van der Waals surface area contributed by atoms with Gasteiger partial charge in [0.25, 0.3) is 0 Å². The molecule has 0 fully saturated rings. The van der Waals surface area contributed by atoms with Crippen LogP contribution in [0, 0.1) is 20.8 Å². The fraction of sp³-hybridized carbons (Fsp3) is 0.273. The van der Waals surface area contributed by atoms with Crippen molar-refractivity contribution >= 4 is 23.1 Å². The van der Waals surface area contributed by atoms with Crippen LogP contribution in [-0.2, 0) is 0 Å². The predicted octanol–water partition coefficient (Wildman–Crippen LogP) is 5.68. The number of rotatable bonds is 6. The number of ether oxygens (including phenoxy) is 1. The van der Waals surface area contributed by atoms with Gasteiger partial charge in [-0.3, -0.25) is 0 Å². The van der Waals surface area contributed by atoms with Gasteiger partial charge < -0.3 is 15.4 Å². The van der Waals surface area contributed by atoms with Gasteiger partial charge in [-0.2, -0.15) is 4.98 Å². The van der Waals surface area contributed by atoms with Crippen LogP contribution in [0.25, 0.3) is 0 Å². The molecule has 0 aliphatic heterocycles. The van der Waals surface area contributed by atoms with Gasteiger partial charge >= 0.3 is 0 Å². The lowest BCUT2D eigenvalue weighted by molar-refractivity contribution is 0.242. The molecule has 0 saturated heterocycles. The zero-order chi connectivity index (χ0) is 19.4. The minimum absolute atomic E-state index is 0.155. The molecule has 0 aliphatic carbocycles. The Morgan fingerprint density at radius 2 is 1.59 bits per heavy atom. The molecule has 0 aliphatic rings. The van der Waals surface area contributed by atoms with Gasteiger partial charge in [0.15, 0.2) is 0 Å². The number of nitrogens with zero attached hydrogens (tertiary/aromatic N) is 2. The van der Waals surface area contributed by atoms with Crippen LogP contribution in [0.2, 0.25) is 0 Å². The van der Waals surface area contributed by atoms with E-state index >= 15 is 0 Å². The summed E-state index contributed by atoms with van der Waals surface area (Å²) in [6.07, 6.45) is 0.155. The minimum Gasteiger partial charge on any atom is -0.491 e. The van der Waals surface area contributed by atoms with Crippen molar-refractivity contribution in [3.05, 3.63) is 65.4 Å². The lowest BCUT2D eigenvalue weighted by atomic mass is 10.1. The summed E-state index contributed by atoms with van der Waals surface area (Å²) in [7, 11) is 0. The molecule has 0 spiro atoms. The Kier molecular flexibility index (Phi) is 5.60. The van der Waals surface area contributed by atoms with Crippen molar-refractivity contribution in [1.29, 1.82) is 0 Å². The second kappa shape index (κ2) is 8.08. The number of aryl methyl sites for hydroxylation is 3. The molecule has 1 heterocycles. The van der Waals surface area contributed by atoms with Crippen LogP contribution >= 0.6 is 0 Å². The Bertz CT molecular complexity index is 920. The van der Waals surface area contributed by atoms with Crippen LogP contribution in [0.4, 0.5) is 23.1 Å². The van der Waals surface area contributed by atoms with E-state index < -0.39 is 0 Å². The quantitative estimate of drug-likeness (QED) is 0.591. The molecular formula is C22H26N4O. The van der Waals surface area contributed by atoms with Crippen LogP contribution < -0.4 is 15.4 Å². The standard InChI is InChI=1S/C22H26N4O/c1-14(2)27-19-9-7-18(8-10-19)24-22-23-17(5)13-21(26-22)25-20-11-6-15(3)12-16(20)4/h6-14H,1-5H3,(H2,23,24,25,26). The summed E-state index contributed by atoms with van der Waals surface area (Å²) in [6.45, 7) is 10.2. The number of hydrogen-bond acceptors (Lipinski definition) is 5. The first kappa shape index (κ1) is 18.7. The molecule has 0 unspecified atom stereocenters. The number of anilines is 4. The molecule has 3 rings (SSSR count). The second-order valence-corrected chi connectivity index (χ2v) is 6.98. The van der Waals surface area contributed by atoms with Gasteiger partial charge in [-0.05, 0) is 70.5 Å². The third-order valence-corrected chi connectivity index (χ3v) is 3.98. The summed E-state index contributed by atoms with van der Waals surface area (Å²) in [5.41, 5.74) is 5.26. The van der Waals surface area contributed by atoms with Crippen molar-refractivity contribution in [2.45, 2.75) is 40.7 Å². The van der Waals surface area contributed by atoms with Crippen molar-refractivity contribution in [1.82, 2.24) is 9.97 Å². The zero-order valence-corrected chi connectivity index (χ0v) is 16.5. The third-order valence-electron chi connectivity index (χ3n) is 3.98. The lowest BCUT2D eigenvalue weighted by Crippen LogP contribution is -2.05. The first-order chi connectivity index (χ1) is 12.9. The largest absolute Gasteiger partial charge is 0.491 e. The number of benzene rings is 2. The van der Waals surface area contributed by atoms with E-state index in [1.165, 1.54) is 11.1 Å². The van der Waals surface area contributed by atoms with E-state index in [1.807, 2.05) is 51.1 Å². The zero-order valence-electron chi connectivity index (χ0n) is 16.5. The smallest absolute Gasteiger partial charge is 0.229 e. The van der Waals surface area contributed by atoms with Gasteiger partial charge in [-0.25, -0.2) is 4.98 Å². The molecule has 2 aromatic carbocycles. The van der Waals surface area contributed by atoms with Crippen molar-refractivity contribution in [3.8, 4) is 5.75 Å². The average Bonchev–Trinajstić information content (AvgIpc) is 2.58. The van der Waals surface area contributed by atoms with Crippen molar-refractivity contribution in [2.75, 3.05) is 10.6 Å². The van der Waals surface area contributed by atoms with E-state index in [0.29, 0.717) is 5.95 Å². The Balaban J connectivity index is 1.77. The first-order valence-corrected chi connectivity index (χ1v) is 9.13. The molecule has 0 saturated carbocycles. The molecule has 0 radical (unpaired) electrons. The maximum absolute atomic E-state index is 5.67. The molecule has 5 heteroatoms. The maximum atomic E-state index is 5.67. The van der Waals surface area contributed by atoms with Gasteiger partial charge in [0.1, 0.15) is 11.6 Å². The minimum atomic E-state index is 0.155. The number of aromatic nitrogens is 2. The van der Waals surface area contributed by atoms with Gasteiger partial charge in [-0.15, -0.1) is 0 Å². The summed E-state index contributed by atoms with van der Waals surface area (Å²) < 4.78 is 5.67. The highest BCUT2D eigenvalue weighted by molar-refractivity contribution is 5.63. The first-order valence-electron chi connectivity index (χ1n) is 9.13. The highest BCUT2D eigenvalue weighted by Gasteiger charge is 2.06. The van der Waals surface area contributed by atoms with Gasteiger partial charge in [-0.1, -0.05) is 17.7 Å². The van der Waals surface area contributed by atoms with Gasteiger partial charge in [0.2, 0.25) is 5.95 Å². The Morgan fingerprint density at radius 1 is 0.852 bits per heavy atom. The lowest BCUT2D eigenvalue weighted by Gasteiger charge is -2.13. The van der Waals surface area contributed by atoms with Crippen molar-refractivity contribution < 1.29 is 4.74 Å². The van der Waals surface area contributed by atoms with Crippen LogP contribution in [0.15, 0.2) is 48.5 Å². The molecular weight excluding hydrogens is 336 g/mol. The fourth-order valence-electron chi connectivity index (χ4n) is 2.80. The topological polar surface area (TPSA) is 59.1 Å². The number of hydrogen-bond donors (Lipinski definition) is 2. The van der Waals surface area contributed by atoms with Crippen LogP contribution in [0.5, 0.6) is 5.75 Å². The Labute approximate surface area is 160 Å². The van der Waals surface area contributed by atoms with Gasteiger partial charge in [0.05, 0.1) is 6.10 Å². The summed E-state index contributed by atoms with van der Waals surface area (Å²) in [5, 5.41) is 6.64. The van der Waals surface area contributed by atoms with E-state index in [4.69, 9.17) is 4.74 Å². The summed E-state index contributed by atoms with van der Waals surface area (Å²) in [6, 6.07) is 16.0. The van der Waals surface area contributed by atoms with Gasteiger partial charge in [0, 0.05) is 23.1 Å². The van der Waals surface area contributed by atoms with E-state index in [1.54, 1.807) is 0 Å². The Hall–Kier alpha value is -3.08. The fourth-order valence-corrected chi connectivity index (χ4v) is 2.80. The van der Waals surface area contributed by atoms with E-state index in [2.05, 4.69) is 52.6 Å². The molecule has 0 bridgehead atoms. The predicted molar refractivity (Wildman–Crippen MR) is 111 cm³/mol. The monoisotopic (exact) mass is 362 g/mol. The third kappa shape index (κ3) is 5.20. The molecule has 27 heavy (non-hydrogen) atoms. The van der Waals surface area contributed by atoms with Crippen molar-refractivity contribution in [3.63, 3.8) is 0 Å². The SMILES string of the molecule is Cc1ccc(Nc2cc(C)nc(Nc3ccc(OC(C)C)cc3)n2)c(C)c1. The molecule has 140 valence electrons. The molecule has 2 N–H and O–H groups in total. The van der Waals surface area contributed by atoms with Crippen LogP contribution in [0.3, 0.4) is 0 Å². The molecule has 0 atom stereocenters. The summed E-state index contributed by atoms with van der Waals surface area (Å²) >= 11 is 0. The van der Waals surface area contributed by atoms with Crippen LogP contribution in [0.1, 0.15) is 30.7 Å².